The maximum Gasteiger partial charge on any atom is 0.0713 e. The Morgan fingerprint density at radius 2 is 1.85 bits per heavy atom. The number of rotatable bonds is 8. The van der Waals surface area contributed by atoms with E-state index in [1.807, 2.05) is 18.2 Å². The molecule has 4 nitrogen and oxygen atoms in total. The largest absolute Gasteiger partial charge is 0.369 e. The van der Waals surface area contributed by atoms with Gasteiger partial charge in [0.05, 0.1) is 33.5 Å². The van der Waals surface area contributed by atoms with Crippen LogP contribution in [0.5, 0.6) is 0 Å². The molecule has 2 aliphatic heterocycles. The minimum atomic E-state index is 0.457. The standard InChI is InChI=1S/C33H36Cl2N4/c1-4-21(2)30-12-10-24-18-25(11-13-31(24)37-30)39-17-16-38(22(3)20-39)15-14-26-27(23-8-9-23)19-36-33(26)32-28(34)6-5-7-29(32)35/h5-7,10-13,18,22-23H,2,4,8-9,14-17,19-20H2,1,3H3. The molecule has 6 heteroatoms. The molecule has 1 aliphatic carbocycles. The van der Waals surface area contributed by atoms with Crippen LogP contribution in [0.25, 0.3) is 16.5 Å². The third-order valence-electron chi connectivity index (χ3n) is 8.59. The Balaban J connectivity index is 1.14. The Morgan fingerprint density at radius 1 is 1.05 bits per heavy atom. The van der Waals surface area contributed by atoms with Crippen molar-refractivity contribution >= 4 is 51.1 Å². The molecular weight excluding hydrogens is 523 g/mol. The fourth-order valence-electron chi connectivity index (χ4n) is 6.05. The van der Waals surface area contributed by atoms with Gasteiger partial charge in [-0.25, -0.2) is 4.98 Å². The molecule has 0 N–H and O–H groups in total. The topological polar surface area (TPSA) is 31.7 Å². The lowest BCUT2D eigenvalue weighted by Crippen LogP contribution is -2.52. The van der Waals surface area contributed by atoms with Crippen molar-refractivity contribution in [2.45, 2.75) is 45.6 Å². The van der Waals surface area contributed by atoms with Crippen molar-refractivity contribution < 1.29 is 0 Å². The SMILES string of the molecule is C=C(CC)c1ccc2cc(N3CCN(CCC4=C(C5CC5)CN=C4c4c(Cl)cccc4Cl)C(C)C3)ccc2n1. The average Bonchev–Trinajstić information content (AvgIpc) is 3.71. The Labute approximate surface area is 242 Å². The number of hydrogen-bond acceptors (Lipinski definition) is 4. The molecule has 39 heavy (non-hydrogen) atoms. The maximum absolute atomic E-state index is 6.62. The van der Waals surface area contributed by atoms with E-state index in [9.17, 15) is 0 Å². The Kier molecular flexibility index (Phi) is 7.54. The monoisotopic (exact) mass is 558 g/mol. The van der Waals surface area contributed by atoms with Crippen LogP contribution in [0, 0.1) is 5.92 Å². The van der Waals surface area contributed by atoms with Gasteiger partial charge in [0.25, 0.3) is 0 Å². The maximum atomic E-state index is 6.62. The van der Waals surface area contributed by atoms with Crippen molar-refractivity contribution in [3.8, 4) is 0 Å². The first kappa shape index (κ1) is 26.6. The summed E-state index contributed by atoms with van der Waals surface area (Å²) in [5, 5.41) is 2.56. The normalized spacial score (nSPS) is 20.2. The van der Waals surface area contributed by atoms with Crippen molar-refractivity contribution in [3.05, 3.63) is 87.6 Å². The first-order valence-corrected chi connectivity index (χ1v) is 15.0. The van der Waals surface area contributed by atoms with Crippen LogP contribution in [-0.4, -0.2) is 54.4 Å². The minimum Gasteiger partial charge on any atom is -0.369 e. The Hall–Kier alpha value is -2.66. The Bertz CT molecular complexity index is 1470. The van der Waals surface area contributed by atoms with Crippen LogP contribution in [-0.2, 0) is 0 Å². The second-order valence-corrected chi connectivity index (χ2v) is 12.0. The fraction of sp³-hybridized carbons (Fsp3) is 0.394. The summed E-state index contributed by atoms with van der Waals surface area (Å²) >= 11 is 13.2. The van der Waals surface area contributed by atoms with Crippen LogP contribution in [0.2, 0.25) is 10.0 Å². The van der Waals surface area contributed by atoms with Gasteiger partial charge in [-0.15, -0.1) is 0 Å². The molecule has 3 heterocycles. The molecular formula is C33H36Cl2N4. The quantitative estimate of drug-likeness (QED) is 0.280. The predicted octanol–water partition coefficient (Wildman–Crippen LogP) is 8.07. The molecule has 3 aliphatic rings. The number of allylic oxidation sites excluding steroid dienone is 1. The molecule has 1 atom stereocenters. The molecule has 202 valence electrons. The number of hydrogen-bond donors (Lipinski definition) is 0. The summed E-state index contributed by atoms with van der Waals surface area (Å²) in [6.07, 6.45) is 4.47. The molecule has 1 unspecified atom stereocenters. The molecule has 1 saturated carbocycles. The smallest absolute Gasteiger partial charge is 0.0713 e. The number of aromatic nitrogens is 1. The van der Waals surface area contributed by atoms with Gasteiger partial charge in [-0.1, -0.05) is 48.8 Å². The number of nitrogens with zero attached hydrogens (tertiary/aromatic N) is 4. The molecule has 6 rings (SSSR count). The number of piperazine rings is 1. The van der Waals surface area contributed by atoms with E-state index >= 15 is 0 Å². The highest BCUT2D eigenvalue weighted by atomic mass is 35.5. The number of aliphatic imine (C=N–C) groups is 1. The lowest BCUT2D eigenvalue weighted by Gasteiger charge is -2.41. The van der Waals surface area contributed by atoms with Gasteiger partial charge in [0.1, 0.15) is 0 Å². The van der Waals surface area contributed by atoms with Gasteiger partial charge in [0, 0.05) is 48.9 Å². The van der Waals surface area contributed by atoms with Crippen LogP contribution < -0.4 is 4.90 Å². The van der Waals surface area contributed by atoms with Gasteiger partial charge >= 0.3 is 0 Å². The molecule has 0 radical (unpaired) electrons. The van der Waals surface area contributed by atoms with E-state index in [2.05, 4.69) is 60.6 Å². The molecule has 2 fully saturated rings. The van der Waals surface area contributed by atoms with Gasteiger partial charge in [0.15, 0.2) is 0 Å². The summed E-state index contributed by atoms with van der Waals surface area (Å²) < 4.78 is 0. The number of fused-ring (bicyclic) bond motifs is 1. The molecule has 3 aromatic rings. The first-order valence-electron chi connectivity index (χ1n) is 14.2. The second-order valence-electron chi connectivity index (χ2n) is 11.2. The lowest BCUT2D eigenvalue weighted by atomic mass is 9.94. The van der Waals surface area contributed by atoms with E-state index in [0.717, 1.165) is 73.6 Å². The molecule has 1 aromatic heterocycles. The summed E-state index contributed by atoms with van der Waals surface area (Å²) in [5.74, 6) is 0.690. The highest BCUT2D eigenvalue weighted by Crippen LogP contribution is 2.43. The van der Waals surface area contributed by atoms with E-state index in [-0.39, 0.29) is 0 Å². The molecule has 0 amide bonds. The van der Waals surface area contributed by atoms with Gasteiger partial charge in [0.2, 0.25) is 0 Å². The van der Waals surface area contributed by atoms with Gasteiger partial charge in [-0.3, -0.25) is 9.89 Å². The molecule has 0 spiro atoms. The minimum absolute atomic E-state index is 0.457. The van der Waals surface area contributed by atoms with E-state index in [1.54, 1.807) is 0 Å². The van der Waals surface area contributed by atoms with Crippen molar-refractivity contribution in [1.82, 2.24) is 9.88 Å². The number of benzene rings is 2. The van der Waals surface area contributed by atoms with Gasteiger partial charge in [-0.05, 0) is 91.6 Å². The second kappa shape index (κ2) is 11.1. The zero-order valence-electron chi connectivity index (χ0n) is 22.9. The van der Waals surface area contributed by atoms with Gasteiger partial charge < -0.3 is 4.90 Å². The predicted molar refractivity (Wildman–Crippen MR) is 167 cm³/mol. The Morgan fingerprint density at radius 3 is 2.56 bits per heavy atom. The third-order valence-corrected chi connectivity index (χ3v) is 9.22. The molecule has 0 bridgehead atoms. The highest BCUT2D eigenvalue weighted by Gasteiger charge is 2.34. The molecule has 1 saturated heterocycles. The number of anilines is 1. The van der Waals surface area contributed by atoms with Crippen molar-refractivity contribution in [3.63, 3.8) is 0 Å². The van der Waals surface area contributed by atoms with Crippen molar-refractivity contribution in [2.24, 2.45) is 10.9 Å². The van der Waals surface area contributed by atoms with E-state index < -0.39 is 0 Å². The summed E-state index contributed by atoms with van der Waals surface area (Å²) in [6, 6.07) is 17.1. The summed E-state index contributed by atoms with van der Waals surface area (Å²) in [5.41, 5.74) is 9.21. The summed E-state index contributed by atoms with van der Waals surface area (Å²) in [7, 11) is 0. The number of pyridine rings is 1. The van der Waals surface area contributed by atoms with Crippen molar-refractivity contribution in [2.75, 3.05) is 37.6 Å². The first-order chi connectivity index (χ1) is 18.9. The lowest BCUT2D eigenvalue weighted by molar-refractivity contribution is 0.192. The number of halogens is 2. The zero-order chi connectivity index (χ0) is 27.1. The fourth-order valence-corrected chi connectivity index (χ4v) is 6.63. The third kappa shape index (κ3) is 5.39. The highest BCUT2D eigenvalue weighted by molar-refractivity contribution is 6.41. The van der Waals surface area contributed by atoms with Gasteiger partial charge in [-0.2, -0.15) is 0 Å². The van der Waals surface area contributed by atoms with E-state index in [0.29, 0.717) is 22.0 Å². The molecule has 2 aromatic carbocycles. The summed E-state index contributed by atoms with van der Waals surface area (Å²) in [4.78, 5) is 14.9. The zero-order valence-corrected chi connectivity index (χ0v) is 24.4. The van der Waals surface area contributed by atoms with Crippen LogP contribution in [0.4, 0.5) is 5.69 Å². The van der Waals surface area contributed by atoms with E-state index in [1.165, 1.54) is 35.1 Å². The van der Waals surface area contributed by atoms with Crippen LogP contribution in [0.1, 0.15) is 50.8 Å². The van der Waals surface area contributed by atoms with E-state index in [4.69, 9.17) is 33.2 Å². The summed E-state index contributed by atoms with van der Waals surface area (Å²) in [6.45, 7) is 13.5. The average molecular weight is 560 g/mol. The van der Waals surface area contributed by atoms with Crippen LogP contribution in [0.3, 0.4) is 0 Å². The van der Waals surface area contributed by atoms with Crippen molar-refractivity contribution in [1.29, 1.82) is 0 Å². The van der Waals surface area contributed by atoms with Crippen LogP contribution in [0.15, 0.2) is 71.2 Å². The van der Waals surface area contributed by atoms with Crippen LogP contribution >= 0.6 is 23.2 Å².